The summed E-state index contributed by atoms with van der Waals surface area (Å²) < 4.78 is 0. The zero-order chi connectivity index (χ0) is 13.0. The van der Waals surface area contributed by atoms with E-state index in [1.807, 2.05) is 0 Å². The Morgan fingerprint density at radius 2 is 1.94 bits per heavy atom. The standard InChI is InChI=1S/C15H28N2O/c1-11(9-16)10-17-15(18)14-7-6-12-4-2-3-5-13(12)8-14/h11-14H,2-10,16H2,1H3,(H,17,18). The molecule has 0 heterocycles. The molecule has 0 saturated heterocycles. The third-order valence-corrected chi connectivity index (χ3v) is 4.94. The summed E-state index contributed by atoms with van der Waals surface area (Å²) in [7, 11) is 0. The normalized spacial score (nSPS) is 33.6. The molecule has 2 saturated carbocycles. The summed E-state index contributed by atoms with van der Waals surface area (Å²) in [6.07, 6.45) is 9.05. The lowest BCUT2D eigenvalue weighted by molar-refractivity contribution is -0.127. The van der Waals surface area contributed by atoms with Gasteiger partial charge in [-0.25, -0.2) is 0 Å². The fraction of sp³-hybridized carbons (Fsp3) is 0.933. The summed E-state index contributed by atoms with van der Waals surface area (Å²) in [5.41, 5.74) is 5.57. The summed E-state index contributed by atoms with van der Waals surface area (Å²) in [6.45, 7) is 3.47. The summed E-state index contributed by atoms with van der Waals surface area (Å²) in [6, 6.07) is 0. The molecule has 0 aromatic rings. The maximum Gasteiger partial charge on any atom is 0.223 e. The van der Waals surface area contributed by atoms with Gasteiger partial charge < -0.3 is 11.1 Å². The van der Waals surface area contributed by atoms with E-state index in [9.17, 15) is 4.79 Å². The van der Waals surface area contributed by atoms with Gasteiger partial charge in [0.2, 0.25) is 5.91 Å². The van der Waals surface area contributed by atoms with Gasteiger partial charge >= 0.3 is 0 Å². The second kappa shape index (κ2) is 6.55. The van der Waals surface area contributed by atoms with Gasteiger partial charge in [0.05, 0.1) is 0 Å². The van der Waals surface area contributed by atoms with Crippen molar-refractivity contribution in [2.24, 2.45) is 29.4 Å². The maximum atomic E-state index is 12.1. The molecule has 104 valence electrons. The van der Waals surface area contributed by atoms with Gasteiger partial charge in [0.15, 0.2) is 0 Å². The second-order valence-corrected chi connectivity index (χ2v) is 6.40. The first-order valence-corrected chi connectivity index (χ1v) is 7.68. The van der Waals surface area contributed by atoms with Crippen LogP contribution in [0.2, 0.25) is 0 Å². The number of carbonyl (C=O) groups excluding carboxylic acids is 1. The van der Waals surface area contributed by atoms with Gasteiger partial charge in [-0.3, -0.25) is 4.79 Å². The molecular weight excluding hydrogens is 224 g/mol. The molecule has 18 heavy (non-hydrogen) atoms. The van der Waals surface area contributed by atoms with Crippen molar-refractivity contribution < 1.29 is 4.79 Å². The summed E-state index contributed by atoms with van der Waals surface area (Å²) in [5, 5.41) is 3.08. The van der Waals surface area contributed by atoms with Crippen molar-refractivity contribution >= 4 is 5.91 Å². The van der Waals surface area contributed by atoms with Crippen molar-refractivity contribution in [3.63, 3.8) is 0 Å². The molecule has 2 aliphatic carbocycles. The molecule has 1 amide bonds. The Bertz CT molecular complexity index is 280. The lowest BCUT2D eigenvalue weighted by Gasteiger charge is -2.38. The van der Waals surface area contributed by atoms with Gasteiger partial charge in [-0.15, -0.1) is 0 Å². The van der Waals surface area contributed by atoms with E-state index in [4.69, 9.17) is 5.73 Å². The number of hydrogen-bond acceptors (Lipinski definition) is 2. The maximum absolute atomic E-state index is 12.1. The van der Waals surface area contributed by atoms with Crippen molar-refractivity contribution in [2.45, 2.75) is 51.9 Å². The van der Waals surface area contributed by atoms with Crippen LogP contribution in [0.4, 0.5) is 0 Å². The Kier molecular flexibility index (Phi) is 5.04. The Hall–Kier alpha value is -0.570. The van der Waals surface area contributed by atoms with E-state index in [-0.39, 0.29) is 11.8 Å². The highest BCUT2D eigenvalue weighted by molar-refractivity contribution is 5.78. The predicted octanol–water partition coefficient (Wildman–Crippen LogP) is 2.30. The lowest BCUT2D eigenvalue weighted by Crippen LogP contribution is -2.39. The number of nitrogens with two attached hydrogens (primary N) is 1. The van der Waals surface area contributed by atoms with Gasteiger partial charge in [-0.2, -0.15) is 0 Å². The molecule has 4 unspecified atom stereocenters. The monoisotopic (exact) mass is 252 g/mol. The van der Waals surface area contributed by atoms with E-state index < -0.39 is 0 Å². The minimum atomic E-state index is 0.273. The van der Waals surface area contributed by atoms with Crippen LogP contribution in [0, 0.1) is 23.7 Å². The van der Waals surface area contributed by atoms with E-state index in [0.29, 0.717) is 12.5 Å². The highest BCUT2D eigenvalue weighted by Gasteiger charge is 2.34. The number of fused-ring (bicyclic) bond motifs is 1. The first kappa shape index (κ1) is 13.9. The fourth-order valence-electron chi connectivity index (χ4n) is 3.61. The molecule has 2 aliphatic rings. The highest BCUT2D eigenvalue weighted by Crippen LogP contribution is 2.42. The molecule has 2 fully saturated rings. The smallest absolute Gasteiger partial charge is 0.223 e. The molecular formula is C15H28N2O. The van der Waals surface area contributed by atoms with Crippen LogP contribution in [0.25, 0.3) is 0 Å². The van der Waals surface area contributed by atoms with E-state index in [0.717, 1.165) is 31.2 Å². The van der Waals surface area contributed by atoms with Gasteiger partial charge in [-0.1, -0.05) is 32.6 Å². The van der Waals surface area contributed by atoms with Crippen molar-refractivity contribution in [2.75, 3.05) is 13.1 Å². The minimum Gasteiger partial charge on any atom is -0.356 e. The SMILES string of the molecule is CC(CN)CNC(=O)C1CCC2CCCCC2C1. The summed E-state index contributed by atoms with van der Waals surface area (Å²) in [5.74, 6) is 2.69. The zero-order valence-corrected chi connectivity index (χ0v) is 11.7. The molecule has 0 aromatic carbocycles. The van der Waals surface area contributed by atoms with Crippen molar-refractivity contribution in [3.8, 4) is 0 Å². The van der Waals surface area contributed by atoms with Gasteiger partial charge in [0.25, 0.3) is 0 Å². The van der Waals surface area contributed by atoms with Crippen molar-refractivity contribution in [1.82, 2.24) is 5.32 Å². The van der Waals surface area contributed by atoms with Crippen molar-refractivity contribution in [3.05, 3.63) is 0 Å². The van der Waals surface area contributed by atoms with E-state index in [2.05, 4.69) is 12.2 Å². The van der Waals surface area contributed by atoms with E-state index >= 15 is 0 Å². The topological polar surface area (TPSA) is 55.1 Å². The molecule has 0 radical (unpaired) electrons. The van der Waals surface area contributed by atoms with Crippen LogP contribution in [-0.4, -0.2) is 19.0 Å². The Labute approximate surface area is 111 Å². The fourth-order valence-corrected chi connectivity index (χ4v) is 3.61. The molecule has 0 spiro atoms. The largest absolute Gasteiger partial charge is 0.356 e. The van der Waals surface area contributed by atoms with Crippen LogP contribution in [0.15, 0.2) is 0 Å². The second-order valence-electron chi connectivity index (χ2n) is 6.40. The van der Waals surface area contributed by atoms with Crippen LogP contribution in [0.3, 0.4) is 0 Å². The average molecular weight is 252 g/mol. The number of rotatable bonds is 4. The minimum absolute atomic E-state index is 0.273. The zero-order valence-electron chi connectivity index (χ0n) is 11.7. The molecule has 3 nitrogen and oxygen atoms in total. The van der Waals surface area contributed by atoms with Crippen LogP contribution in [-0.2, 0) is 4.79 Å². The van der Waals surface area contributed by atoms with Crippen LogP contribution in [0.1, 0.15) is 51.9 Å². The quantitative estimate of drug-likeness (QED) is 0.806. The third kappa shape index (κ3) is 3.47. The Morgan fingerprint density at radius 1 is 1.22 bits per heavy atom. The first-order chi connectivity index (χ1) is 8.70. The van der Waals surface area contributed by atoms with Crippen molar-refractivity contribution in [1.29, 1.82) is 0 Å². The average Bonchev–Trinajstić information content (AvgIpc) is 2.43. The third-order valence-electron chi connectivity index (χ3n) is 4.94. The molecule has 2 rings (SSSR count). The molecule has 3 heteroatoms. The van der Waals surface area contributed by atoms with Gasteiger partial charge in [0, 0.05) is 12.5 Å². The van der Waals surface area contributed by atoms with Gasteiger partial charge in [-0.05, 0) is 43.6 Å². The van der Waals surface area contributed by atoms with Gasteiger partial charge in [0.1, 0.15) is 0 Å². The number of carbonyl (C=O) groups is 1. The summed E-state index contributed by atoms with van der Waals surface area (Å²) >= 11 is 0. The Balaban J connectivity index is 1.77. The molecule has 0 aromatic heterocycles. The molecule has 0 aliphatic heterocycles. The number of nitrogens with one attached hydrogen (secondary N) is 1. The van der Waals surface area contributed by atoms with Crippen LogP contribution < -0.4 is 11.1 Å². The van der Waals surface area contributed by atoms with Crippen LogP contribution >= 0.6 is 0 Å². The molecule has 0 bridgehead atoms. The Morgan fingerprint density at radius 3 is 2.67 bits per heavy atom. The van der Waals surface area contributed by atoms with E-state index in [1.165, 1.54) is 32.1 Å². The molecule has 3 N–H and O–H groups in total. The summed E-state index contributed by atoms with van der Waals surface area (Å²) in [4.78, 5) is 12.1. The van der Waals surface area contributed by atoms with E-state index in [1.54, 1.807) is 0 Å². The highest BCUT2D eigenvalue weighted by atomic mass is 16.1. The predicted molar refractivity (Wildman–Crippen MR) is 74.0 cm³/mol. The van der Waals surface area contributed by atoms with Crippen LogP contribution in [0.5, 0.6) is 0 Å². The number of amides is 1. The lowest BCUT2D eigenvalue weighted by atomic mass is 9.67. The number of hydrogen-bond donors (Lipinski definition) is 2. The first-order valence-electron chi connectivity index (χ1n) is 7.68. The molecule has 4 atom stereocenters.